The average Bonchev–Trinajstić information content (AvgIpc) is 2.73. The largest absolute Gasteiger partial charge is 0.378 e. The van der Waals surface area contributed by atoms with Crippen LogP contribution in [0.3, 0.4) is 0 Å². The lowest BCUT2D eigenvalue weighted by molar-refractivity contribution is 0.00492. The van der Waals surface area contributed by atoms with Crippen LogP contribution < -0.4 is 5.56 Å². The summed E-state index contributed by atoms with van der Waals surface area (Å²) in [5, 5.41) is 11.6. The molecule has 2 aromatic carbocycles. The van der Waals surface area contributed by atoms with E-state index in [9.17, 15) is 18.7 Å². The van der Waals surface area contributed by atoms with Crippen LogP contribution in [0.25, 0.3) is 16.3 Å². The van der Waals surface area contributed by atoms with Gasteiger partial charge in [-0.15, -0.1) is 0 Å². The lowest BCUT2D eigenvalue weighted by atomic mass is 9.99. The summed E-state index contributed by atoms with van der Waals surface area (Å²) in [6.07, 6.45) is 3.19. The van der Waals surface area contributed by atoms with Gasteiger partial charge in [0.2, 0.25) is 0 Å². The number of nitrogens with one attached hydrogen (secondary N) is 1. The van der Waals surface area contributed by atoms with Crippen molar-refractivity contribution in [2.75, 3.05) is 13.1 Å². The van der Waals surface area contributed by atoms with Crippen molar-refractivity contribution in [2.24, 2.45) is 0 Å². The minimum Gasteiger partial charge on any atom is -0.378 e. The third-order valence-electron chi connectivity index (χ3n) is 5.41. The van der Waals surface area contributed by atoms with E-state index >= 15 is 0 Å². The van der Waals surface area contributed by atoms with E-state index in [1.165, 1.54) is 24.3 Å². The lowest BCUT2D eigenvalue weighted by Crippen LogP contribution is -2.38. The van der Waals surface area contributed by atoms with Crippen molar-refractivity contribution in [1.82, 2.24) is 9.88 Å². The highest BCUT2D eigenvalue weighted by atomic mass is 19.1. The van der Waals surface area contributed by atoms with Gasteiger partial charge in [0.15, 0.2) is 0 Å². The maximum atomic E-state index is 13.3. The van der Waals surface area contributed by atoms with Gasteiger partial charge in [-0.05, 0) is 66.1 Å². The van der Waals surface area contributed by atoms with E-state index in [2.05, 4.69) is 11.1 Å². The summed E-state index contributed by atoms with van der Waals surface area (Å²) in [4.78, 5) is 16.9. The summed E-state index contributed by atoms with van der Waals surface area (Å²) in [6.45, 7) is 1.32. The molecule has 4 rings (SSSR count). The minimum atomic E-state index is -0.631. The molecule has 0 radical (unpaired) electrons. The number of rotatable bonds is 5. The number of H-pyrrole nitrogens is 1. The molecule has 2 heterocycles. The number of benzene rings is 2. The molecular weight excluding hydrogens is 374 g/mol. The Labute approximate surface area is 167 Å². The van der Waals surface area contributed by atoms with E-state index in [0.29, 0.717) is 42.4 Å². The molecule has 0 saturated heterocycles. The van der Waals surface area contributed by atoms with E-state index in [1.54, 1.807) is 18.2 Å². The first-order valence-electron chi connectivity index (χ1n) is 9.68. The number of aliphatic hydroxyl groups excluding tert-OH is 1. The Morgan fingerprint density at radius 2 is 1.83 bits per heavy atom. The van der Waals surface area contributed by atoms with Gasteiger partial charge in [-0.1, -0.05) is 24.3 Å². The SMILES string of the molecule is O=c1[nH]c(CCC(O)N2CC=C(c3ccc(F)cc3)CC2)cc2ccc(F)cc12. The van der Waals surface area contributed by atoms with Gasteiger partial charge in [-0.3, -0.25) is 9.69 Å². The molecule has 29 heavy (non-hydrogen) atoms. The summed E-state index contributed by atoms with van der Waals surface area (Å²) >= 11 is 0. The zero-order valence-corrected chi connectivity index (χ0v) is 15.9. The van der Waals surface area contributed by atoms with Crippen LogP contribution in [-0.4, -0.2) is 34.3 Å². The van der Waals surface area contributed by atoms with E-state index in [0.717, 1.165) is 17.6 Å². The monoisotopic (exact) mass is 396 g/mol. The average molecular weight is 396 g/mol. The zero-order chi connectivity index (χ0) is 20.4. The van der Waals surface area contributed by atoms with Gasteiger partial charge >= 0.3 is 0 Å². The minimum absolute atomic E-state index is 0.251. The number of hydrogen-bond acceptors (Lipinski definition) is 3. The number of halogens is 2. The van der Waals surface area contributed by atoms with Crippen LogP contribution >= 0.6 is 0 Å². The van der Waals surface area contributed by atoms with Crippen molar-refractivity contribution < 1.29 is 13.9 Å². The molecule has 1 aliphatic rings. The summed E-state index contributed by atoms with van der Waals surface area (Å²) in [5.41, 5.74) is 2.55. The molecule has 1 atom stereocenters. The fourth-order valence-corrected chi connectivity index (χ4v) is 3.77. The summed E-state index contributed by atoms with van der Waals surface area (Å²) < 4.78 is 26.4. The number of pyridine rings is 1. The van der Waals surface area contributed by atoms with Crippen molar-refractivity contribution in [1.29, 1.82) is 0 Å². The highest BCUT2D eigenvalue weighted by Gasteiger charge is 2.19. The second-order valence-electron chi connectivity index (χ2n) is 7.36. The molecule has 1 aliphatic heterocycles. The van der Waals surface area contributed by atoms with Gasteiger partial charge in [-0.2, -0.15) is 0 Å². The molecule has 3 aromatic rings. The van der Waals surface area contributed by atoms with E-state index < -0.39 is 12.0 Å². The first-order valence-corrected chi connectivity index (χ1v) is 9.68. The maximum Gasteiger partial charge on any atom is 0.256 e. The van der Waals surface area contributed by atoms with E-state index in [1.807, 2.05) is 11.0 Å². The number of aliphatic hydroxyl groups is 1. The predicted octanol–water partition coefficient (Wildman–Crippen LogP) is 3.85. The summed E-state index contributed by atoms with van der Waals surface area (Å²) in [6, 6.07) is 12.4. The number of aryl methyl sites for hydroxylation is 1. The van der Waals surface area contributed by atoms with Crippen molar-refractivity contribution >= 4 is 16.3 Å². The molecule has 150 valence electrons. The smallest absolute Gasteiger partial charge is 0.256 e. The number of aromatic amines is 1. The fourth-order valence-electron chi connectivity index (χ4n) is 3.77. The first kappa shape index (κ1) is 19.5. The molecule has 1 aromatic heterocycles. The van der Waals surface area contributed by atoms with Crippen molar-refractivity contribution in [2.45, 2.75) is 25.5 Å². The van der Waals surface area contributed by atoms with E-state index in [4.69, 9.17) is 0 Å². The normalized spacial score (nSPS) is 16.0. The third-order valence-corrected chi connectivity index (χ3v) is 5.41. The van der Waals surface area contributed by atoms with Crippen LogP contribution in [0.4, 0.5) is 8.78 Å². The Bertz CT molecular complexity index is 1110. The van der Waals surface area contributed by atoms with Gasteiger partial charge < -0.3 is 10.1 Å². The Balaban J connectivity index is 1.38. The molecular formula is C23H22F2N2O2. The van der Waals surface area contributed by atoms with Gasteiger partial charge in [0.1, 0.15) is 17.9 Å². The Morgan fingerprint density at radius 3 is 2.55 bits per heavy atom. The van der Waals surface area contributed by atoms with Crippen LogP contribution in [0.5, 0.6) is 0 Å². The third kappa shape index (κ3) is 4.44. The van der Waals surface area contributed by atoms with Gasteiger partial charge in [0.05, 0.1) is 0 Å². The Morgan fingerprint density at radius 1 is 1.07 bits per heavy atom. The number of hydrogen-bond donors (Lipinski definition) is 2. The van der Waals surface area contributed by atoms with Crippen molar-refractivity contribution in [3.63, 3.8) is 0 Å². The molecule has 2 N–H and O–H groups in total. The fraction of sp³-hybridized carbons (Fsp3) is 0.261. The molecule has 0 fully saturated rings. The predicted molar refractivity (Wildman–Crippen MR) is 109 cm³/mol. The summed E-state index contributed by atoms with van der Waals surface area (Å²) in [5.74, 6) is -0.691. The molecule has 0 spiro atoms. The molecule has 4 nitrogen and oxygen atoms in total. The number of aromatic nitrogens is 1. The highest BCUT2D eigenvalue weighted by molar-refractivity contribution is 5.81. The molecule has 1 unspecified atom stereocenters. The zero-order valence-electron chi connectivity index (χ0n) is 15.9. The van der Waals surface area contributed by atoms with Gasteiger partial charge in [0, 0.05) is 24.2 Å². The first-order chi connectivity index (χ1) is 14.0. The van der Waals surface area contributed by atoms with Crippen molar-refractivity contribution in [3.05, 3.63) is 87.9 Å². The van der Waals surface area contributed by atoms with E-state index in [-0.39, 0.29) is 11.4 Å². The lowest BCUT2D eigenvalue weighted by Gasteiger charge is -2.31. The molecule has 6 heteroatoms. The number of nitrogens with zero attached hydrogens (tertiary/aromatic N) is 1. The Kier molecular flexibility index (Phi) is 5.56. The molecule has 0 aliphatic carbocycles. The number of fused-ring (bicyclic) bond motifs is 1. The second kappa shape index (κ2) is 8.27. The van der Waals surface area contributed by atoms with Crippen LogP contribution in [-0.2, 0) is 6.42 Å². The highest BCUT2D eigenvalue weighted by Crippen LogP contribution is 2.24. The second-order valence-corrected chi connectivity index (χ2v) is 7.36. The van der Waals surface area contributed by atoms with Crippen molar-refractivity contribution in [3.8, 4) is 0 Å². The van der Waals surface area contributed by atoms with Crippen LogP contribution in [0.1, 0.15) is 24.1 Å². The topological polar surface area (TPSA) is 56.3 Å². The van der Waals surface area contributed by atoms with Gasteiger partial charge in [0.25, 0.3) is 5.56 Å². The quantitative estimate of drug-likeness (QED) is 0.689. The van der Waals surface area contributed by atoms with Gasteiger partial charge in [-0.25, -0.2) is 8.78 Å². The molecule has 0 saturated carbocycles. The molecule has 0 amide bonds. The molecule has 0 bridgehead atoms. The van der Waals surface area contributed by atoms with Crippen LogP contribution in [0.15, 0.2) is 59.4 Å². The summed E-state index contributed by atoms with van der Waals surface area (Å²) in [7, 11) is 0. The van der Waals surface area contributed by atoms with Crippen LogP contribution in [0, 0.1) is 11.6 Å². The Hall–Kier alpha value is -2.83. The standard InChI is InChI=1S/C23H22F2N2O2/c24-18-4-1-15(2-5-18)16-9-11-27(12-10-16)22(28)8-7-20-13-17-3-6-19(25)14-21(17)23(29)26-20/h1-6,9,13-14,22,28H,7-8,10-12H2,(H,26,29). The maximum absolute atomic E-state index is 13.3. The van der Waals surface area contributed by atoms with Crippen LogP contribution in [0.2, 0.25) is 0 Å².